The Labute approximate surface area is 149 Å². The Morgan fingerprint density at radius 3 is 1.68 bits per heavy atom. The number of aryl methyl sites for hydroxylation is 1. The first-order valence-corrected chi connectivity index (χ1v) is 18.3. The predicted octanol–water partition coefficient (Wildman–Crippen LogP) is 6.30. The topological polar surface area (TPSA) is 20.2 Å². The van der Waals surface area contributed by atoms with Crippen LogP contribution in [0.15, 0.2) is 24.3 Å². The molecule has 0 aliphatic heterocycles. The molecule has 0 unspecified atom stereocenters. The first kappa shape index (κ1) is 23.0. The van der Waals surface area contributed by atoms with Crippen molar-refractivity contribution in [3.63, 3.8) is 0 Å². The molecule has 0 amide bonds. The molecule has 1 rings (SSSR count). The first-order chi connectivity index (χ1) is 8.92. The third kappa shape index (κ3) is 15.9. The molecular weight excluding hydrogens is 570 g/mol. The average Bonchev–Trinajstić information content (AvgIpc) is 2.40. The van der Waals surface area contributed by atoms with Gasteiger partial charge in [0.05, 0.1) is 0 Å². The fourth-order valence-corrected chi connectivity index (χ4v) is 1.62. The van der Waals surface area contributed by atoms with Gasteiger partial charge in [-0.05, 0) is 30.7 Å². The van der Waals surface area contributed by atoms with Gasteiger partial charge in [-0.2, -0.15) is 0 Å². The summed E-state index contributed by atoms with van der Waals surface area (Å²) >= 11 is 4.73. The van der Waals surface area contributed by atoms with Crippen LogP contribution in [0.3, 0.4) is 0 Å². The molecule has 0 fully saturated rings. The van der Waals surface area contributed by atoms with Gasteiger partial charge in [-0.1, -0.05) is 57.5 Å². The predicted molar refractivity (Wildman–Crippen MR) is 104 cm³/mol. The second kappa shape index (κ2) is 16.1. The van der Waals surface area contributed by atoms with Gasteiger partial charge in [0.15, 0.2) is 0 Å². The van der Waals surface area contributed by atoms with Crippen LogP contribution in [0.25, 0.3) is 0 Å². The van der Waals surface area contributed by atoms with E-state index in [1.54, 1.807) is 0 Å². The van der Waals surface area contributed by atoms with Crippen molar-refractivity contribution >= 4 is 47.6 Å². The van der Waals surface area contributed by atoms with E-state index >= 15 is 0 Å². The molecule has 0 radical (unpaired) electrons. The van der Waals surface area contributed by atoms with Crippen molar-refractivity contribution in [2.24, 2.45) is 0 Å². The Hall–Kier alpha value is 1.69. The number of benzene rings is 1. The summed E-state index contributed by atoms with van der Waals surface area (Å²) in [5.74, 6) is 0.653. The molecule has 5 heteroatoms. The summed E-state index contributed by atoms with van der Waals surface area (Å²) < 4.78 is 0. The van der Waals surface area contributed by atoms with E-state index in [1.807, 2.05) is 13.8 Å². The van der Waals surface area contributed by atoms with E-state index in [1.165, 1.54) is 11.1 Å². The molecule has 0 heterocycles. The van der Waals surface area contributed by atoms with Crippen molar-refractivity contribution in [2.45, 2.75) is 40.5 Å². The van der Waals surface area contributed by atoms with Crippen molar-refractivity contribution < 1.29 is 15.0 Å². The van der Waals surface area contributed by atoms with Gasteiger partial charge in [0.25, 0.3) is 0 Å². The van der Waals surface area contributed by atoms with Gasteiger partial charge < -0.3 is 4.89 Å². The second-order valence-electron chi connectivity index (χ2n) is 4.25. The Kier molecular flexibility index (Phi) is 19.4. The van der Waals surface area contributed by atoms with Crippen LogP contribution in [0.2, 0.25) is 0 Å². The van der Waals surface area contributed by atoms with Gasteiger partial charge in [0.2, 0.25) is 0 Å². The normalized spacial score (nSPS) is 9.79. The van der Waals surface area contributed by atoms with E-state index < -0.39 is 8.15 Å². The van der Waals surface area contributed by atoms with Crippen LogP contribution >= 0.6 is 47.6 Å². The summed E-state index contributed by atoms with van der Waals surface area (Å²) in [6.07, 6.45) is 1.90. The van der Waals surface area contributed by atoms with Crippen molar-refractivity contribution in [3.05, 3.63) is 35.4 Å². The summed E-state index contributed by atoms with van der Waals surface area (Å²) in [5.41, 5.74) is 2.76. The Bertz CT molecular complexity index is 290. The van der Waals surface area contributed by atoms with Crippen molar-refractivity contribution in [1.29, 1.82) is 0 Å². The van der Waals surface area contributed by atoms with Crippen LogP contribution in [0.4, 0.5) is 0 Å². The SMILES string of the molecule is CCP(O)CC.Cc1ccc(C(C)C)cc1.[I][Ru][I]. The summed E-state index contributed by atoms with van der Waals surface area (Å²) in [6, 6.07) is 8.71. The van der Waals surface area contributed by atoms with Crippen molar-refractivity contribution in [3.8, 4) is 0 Å². The zero-order chi connectivity index (χ0) is 15.3. The maximum absolute atomic E-state index is 8.73. The third-order valence-corrected chi connectivity index (χ3v) is 3.93. The first-order valence-electron chi connectivity index (χ1n) is 6.28. The second-order valence-corrected chi connectivity index (χ2v) is 19.9. The van der Waals surface area contributed by atoms with Gasteiger partial charge in [-0.15, -0.1) is 0 Å². The van der Waals surface area contributed by atoms with E-state index in [0.29, 0.717) is 16.0 Å². The molecule has 0 aromatic heterocycles. The van der Waals surface area contributed by atoms with Crippen LogP contribution < -0.4 is 0 Å². The molecule has 0 saturated heterocycles. The summed E-state index contributed by atoms with van der Waals surface area (Å²) in [6.45, 7) is 10.6. The molecule has 1 aromatic carbocycles. The van der Waals surface area contributed by atoms with E-state index in [0.717, 1.165) is 12.3 Å². The van der Waals surface area contributed by atoms with Crippen LogP contribution in [0.1, 0.15) is 44.7 Å². The van der Waals surface area contributed by atoms with Crippen molar-refractivity contribution in [2.75, 3.05) is 12.3 Å². The molecule has 114 valence electrons. The fourth-order valence-electron chi connectivity index (χ4n) is 1.17. The average molecular weight is 595 g/mol. The molecule has 0 aliphatic rings. The number of rotatable bonds is 3. The molecule has 1 nitrogen and oxygen atoms in total. The van der Waals surface area contributed by atoms with Crippen LogP contribution in [0, 0.1) is 6.92 Å². The molecule has 1 aromatic rings. The van der Waals surface area contributed by atoms with Crippen LogP contribution in [-0.2, 0) is 10.1 Å². The Morgan fingerprint density at radius 1 is 1.11 bits per heavy atom. The van der Waals surface area contributed by atoms with E-state index in [4.69, 9.17) is 4.89 Å². The van der Waals surface area contributed by atoms with Gasteiger partial charge in [0, 0.05) is 8.15 Å². The zero-order valence-corrected chi connectivity index (χ0v) is 19.3. The summed E-state index contributed by atoms with van der Waals surface area (Å²) in [4.78, 5) is 8.73. The zero-order valence-electron chi connectivity index (χ0n) is 12.3. The van der Waals surface area contributed by atoms with Crippen LogP contribution in [0.5, 0.6) is 0 Å². The van der Waals surface area contributed by atoms with Gasteiger partial charge in [-0.25, -0.2) is 0 Å². The van der Waals surface area contributed by atoms with E-state index in [9.17, 15) is 0 Å². The standard InChI is InChI=1S/C10H14.C4H11OP.2HI.Ru/c1-8(2)10-6-4-9(3)5-7-10;1-3-6(5)4-2;;;/h4-8H,1-3H3;5H,3-4H2,1-2H3;2*1H;/q;;;;+2/p-2. The molecule has 0 atom stereocenters. The molecule has 1 N–H and O–H groups in total. The quantitative estimate of drug-likeness (QED) is 0.247. The van der Waals surface area contributed by atoms with Gasteiger partial charge >= 0.3 is 49.6 Å². The van der Waals surface area contributed by atoms with E-state index in [2.05, 4.69) is 84.5 Å². The maximum atomic E-state index is 8.73. The summed E-state index contributed by atoms with van der Waals surface area (Å²) in [7, 11) is 0.0739. The van der Waals surface area contributed by atoms with Crippen molar-refractivity contribution in [1.82, 2.24) is 0 Å². The summed E-state index contributed by atoms with van der Waals surface area (Å²) in [5, 5.41) is 0. The fraction of sp³-hybridized carbons (Fsp3) is 0.571. The molecule has 19 heavy (non-hydrogen) atoms. The monoisotopic (exact) mass is 596 g/mol. The van der Waals surface area contributed by atoms with Gasteiger partial charge in [-0.3, -0.25) is 0 Å². The number of hydrogen-bond acceptors (Lipinski definition) is 1. The van der Waals surface area contributed by atoms with Crippen LogP contribution in [-0.4, -0.2) is 17.2 Å². The Morgan fingerprint density at radius 2 is 1.47 bits per heavy atom. The molecule has 0 aliphatic carbocycles. The molecule has 0 spiro atoms. The molecule has 0 saturated carbocycles. The van der Waals surface area contributed by atoms with Gasteiger partial charge in [0.1, 0.15) is 0 Å². The third-order valence-electron chi connectivity index (χ3n) is 2.47. The minimum absolute atomic E-state index is 0.576. The van der Waals surface area contributed by atoms with E-state index in [-0.39, 0.29) is 0 Å². The minimum atomic E-state index is -0.576. The molecular formula is C14H25I2OPRu. The Balaban J connectivity index is 0. The molecule has 0 bridgehead atoms. The number of halogens is 2. The number of hydrogen-bond donors (Lipinski definition) is 1.